The van der Waals surface area contributed by atoms with E-state index in [0.717, 1.165) is 17.8 Å². The molecule has 0 spiro atoms. The van der Waals surface area contributed by atoms with Crippen LogP contribution in [0, 0.1) is 0 Å². The van der Waals surface area contributed by atoms with Gasteiger partial charge in [0.15, 0.2) is 5.84 Å². The number of allylic oxidation sites excluding steroid dienone is 4. The van der Waals surface area contributed by atoms with Gasteiger partial charge in [-0.3, -0.25) is 9.98 Å². The quantitative estimate of drug-likeness (QED) is 0.115. The van der Waals surface area contributed by atoms with Crippen molar-refractivity contribution in [2.24, 2.45) is 15.0 Å². The van der Waals surface area contributed by atoms with Crippen LogP contribution < -0.4 is 0 Å². The van der Waals surface area contributed by atoms with E-state index in [2.05, 4.69) is 100 Å². The molecule has 0 bridgehead atoms. The second-order valence-electron chi connectivity index (χ2n) is 8.66. The van der Waals surface area contributed by atoms with Crippen molar-refractivity contribution in [3.05, 3.63) is 151 Å². The number of hydrogen-bond acceptors (Lipinski definition) is 2. The average molecular weight is 509 g/mol. The van der Waals surface area contributed by atoms with Gasteiger partial charge in [0, 0.05) is 22.0 Å². The number of nitrogens with zero attached hydrogens (tertiary/aromatic N) is 4. The predicted octanol–water partition coefficient (Wildman–Crippen LogP) is 8.42. The van der Waals surface area contributed by atoms with E-state index < -0.39 is 0 Å². The molecule has 1 aromatic heterocycles. The van der Waals surface area contributed by atoms with Crippen LogP contribution in [0.1, 0.15) is 11.1 Å². The number of hydrogen-bond donors (Lipinski definition) is 0. The van der Waals surface area contributed by atoms with Crippen LogP contribution in [0.15, 0.2) is 155 Å². The standard InChI is InChI=1S/C27H23N3.C8H9N/c1-3-4-5-6-11-20-29-27(28-2)21-16-18-22(19-17-21)30-25-14-9-7-12-23(25)24-13-8-10-15-26(24)30;1-9-7-8-5-3-2-4-6-8/h3-19H,1-2,20H2;2-6H,1,7H2/b5-4-,11-6+,29-27?;. The van der Waals surface area contributed by atoms with Crippen molar-refractivity contribution in [1.29, 1.82) is 0 Å². The summed E-state index contributed by atoms with van der Waals surface area (Å²) in [4.78, 5) is 12.4. The first kappa shape index (κ1) is 27.0. The third kappa shape index (κ3) is 6.82. The number of fused-ring (bicyclic) bond motifs is 3. The minimum Gasteiger partial charge on any atom is -0.309 e. The van der Waals surface area contributed by atoms with Crippen molar-refractivity contribution in [1.82, 2.24) is 4.57 Å². The molecule has 5 rings (SSSR count). The summed E-state index contributed by atoms with van der Waals surface area (Å²) in [5.74, 6) is 0.640. The van der Waals surface area contributed by atoms with Crippen molar-refractivity contribution in [2.45, 2.75) is 6.54 Å². The first-order valence-corrected chi connectivity index (χ1v) is 12.8. The largest absolute Gasteiger partial charge is 0.309 e. The maximum absolute atomic E-state index is 4.54. The zero-order valence-electron chi connectivity index (χ0n) is 22.0. The van der Waals surface area contributed by atoms with Crippen LogP contribution >= 0.6 is 0 Å². The van der Waals surface area contributed by atoms with Gasteiger partial charge in [-0.15, -0.1) is 0 Å². The van der Waals surface area contributed by atoms with Crippen LogP contribution in [0.5, 0.6) is 0 Å². The van der Waals surface area contributed by atoms with Gasteiger partial charge in [0.25, 0.3) is 0 Å². The molecule has 0 aliphatic rings. The number of aromatic nitrogens is 1. The summed E-state index contributed by atoms with van der Waals surface area (Å²) < 4.78 is 2.29. The lowest BCUT2D eigenvalue weighted by Gasteiger charge is -2.09. The normalized spacial score (nSPS) is 11.5. The molecular weight excluding hydrogens is 476 g/mol. The molecule has 39 heavy (non-hydrogen) atoms. The number of para-hydroxylation sites is 2. The summed E-state index contributed by atoms with van der Waals surface area (Å²) >= 11 is 0. The van der Waals surface area contributed by atoms with Crippen molar-refractivity contribution in [3.8, 4) is 5.69 Å². The van der Waals surface area contributed by atoms with Crippen LogP contribution in [0.3, 0.4) is 0 Å². The highest BCUT2D eigenvalue weighted by Crippen LogP contribution is 2.31. The van der Waals surface area contributed by atoms with Gasteiger partial charge in [0.2, 0.25) is 0 Å². The van der Waals surface area contributed by atoms with E-state index in [1.165, 1.54) is 27.4 Å². The second-order valence-corrected chi connectivity index (χ2v) is 8.66. The molecular formula is C35H32N4. The van der Waals surface area contributed by atoms with Gasteiger partial charge >= 0.3 is 0 Å². The third-order valence-electron chi connectivity index (χ3n) is 6.09. The number of amidine groups is 1. The fraction of sp³-hybridized carbons (Fsp3) is 0.0571. The molecule has 4 aromatic carbocycles. The molecule has 0 radical (unpaired) electrons. The molecule has 0 aliphatic heterocycles. The highest BCUT2D eigenvalue weighted by molar-refractivity contribution is 6.09. The van der Waals surface area contributed by atoms with Crippen molar-refractivity contribution >= 4 is 41.1 Å². The van der Waals surface area contributed by atoms with Gasteiger partial charge in [0.05, 0.1) is 24.1 Å². The Bertz CT molecular complexity index is 1580. The second kappa shape index (κ2) is 14.0. The zero-order valence-corrected chi connectivity index (χ0v) is 22.0. The molecule has 4 nitrogen and oxygen atoms in total. The summed E-state index contributed by atoms with van der Waals surface area (Å²) in [6, 6.07) is 35.4. The Labute approximate surface area is 230 Å². The lowest BCUT2D eigenvalue weighted by molar-refractivity contribution is 1.08. The fourth-order valence-electron chi connectivity index (χ4n) is 4.33. The van der Waals surface area contributed by atoms with E-state index in [1.807, 2.05) is 66.8 Å². The molecule has 0 amide bonds. The maximum atomic E-state index is 4.54. The van der Waals surface area contributed by atoms with Gasteiger partial charge in [-0.25, -0.2) is 4.99 Å². The molecule has 0 unspecified atom stereocenters. The van der Waals surface area contributed by atoms with E-state index >= 15 is 0 Å². The summed E-state index contributed by atoms with van der Waals surface area (Å²) in [5.41, 5.74) is 5.66. The van der Waals surface area contributed by atoms with Crippen molar-refractivity contribution < 1.29 is 0 Å². The molecule has 0 saturated carbocycles. The molecule has 0 saturated heterocycles. The molecule has 0 fully saturated rings. The van der Waals surface area contributed by atoms with E-state index in [-0.39, 0.29) is 0 Å². The molecule has 1 heterocycles. The minimum absolute atomic E-state index is 0.546. The van der Waals surface area contributed by atoms with E-state index in [4.69, 9.17) is 0 Å². The van der Waals surface area contributed by atoms with Crippen LogP contribution in [0.2, 0.25) is 0 Å². The Kier molecular flexibility index (Phi) is 9.68. The Hall–Kier alpha value is -5.09. The SMILES string of the molecule is C=C/C=C\C=C\CN=C(N=C)c1ccc(-n2c3ccccc3c3ccccc32)cc1.C=NCc1ccccc1. The average Bonchev–Trinajstić information content (AvgIpc) is 3.33. The van der Waals surface area contributed by atoms with E-state index in [9.17, 15) is 0 Å². The summed E-state index contributed by atoms with van der Waals surface area (Å²) in [5, 5.41) is 2.51. The monoisotopic (exact) mass is 508 g/mol. The van der Waals surface area contributed by atoms with Crippen LogP contribution in [0.4, 0.5) is 0 Å². The Balaban J connectivity index is 0.000000333. The summed E-state index contributed by atoms with van der Waals surface area (Å²) in [6.07, 6.45) is 9.45. The van der Waals surface area contributed by atoms with Crippen LogP contribution in [-0.2, 0) is 6.54 Å². The molecule has 192 valence electrons. The van der Waals surface area contributed by atoms with E-state index in [1.54, 1.807) is 6.08 Å². The lowest BCUT2D eigenvalue weighted by atomic mass is 10.2. The molecule has 0 atom stereocenters. The number of benzene rings is 4. The Morgan fingerprint density at radius 3 is 1.90 bits per heavy atom. The van der Waals surface area contributed by atoms with Gasteiger partial charge < -0.3 is 4.57 Å². The zero-order chi connectivity index (χ0) is 27.3. The van der Waals surface area contributed by atoms with Gasteiger partial charge in [-0.05, 0) is 55.4 Å². The number of aliphatic imine (C=N–C) groups is 3. The fourth-order valence-corrected chi connectivity index (χ4v) is 4.33. The first-order valence-electron chi connectivity index (χ1n) is 12.8. The predicted molar refractivity (Wildman–Crippen MR) is 170 cm³/mol. The van der Waals surface area contributed by atoms with E-state index in [0.29, 0.717) is 12.4 Å². The van der Waals surface area contributed by atoms with Crippen molar-refractivity contribution in [2.75, 3.05) is 6.54 Å². The van der Waals surface area contributed by atoms with Gasteiger partial charge in [0.1, 0.15) is 0 Å². The summed E-state index contributed by atoms with van der Waals surface area (Å²) in [7, 11) is 0. The minimum atomic E-state index is 0.546. The molecule has 0 N–H and O–H groups in total. The first-order chi connectivity index (χ1) is 19.3. The third-order valence-corrected chi connectivity index (χ3v) is 6.09. The lowest BCUT2D eigenvalue weighted by Crippen LogP contribution is -1.99. The molecule has 4 heteroatoms. The van der Waals surface area contributed by atoms with Crippen LogP contribution in [-0.4, -0.2) is 30.4 Å². The highest BCUT2D eigenvalue weighted by Gasteiger charge is 2.11. The molecule has 0 aliphatic carbocycles. The van der Waals surface area contributed by atoms with Gasteiger partial charge in [-0.1, -0.05) is 104 Å². The summed E-state index contributed by atoms with van der Waals surface area (Å²) in [6.45, 7) is 12.0. The number of rotatable bonds is 8. The van der Waals surface area contributed by atoms with Crippen molar-refractivity contribution in [3.63, 3.8) is 0 Å². The Morgan fingerprint density at radius 1 is 0.692 bits per heavy atom. The maximum Gasteiger partial charge on any atom is 0.154 e. The van der Waals surface area contributed by atoms with Gasteiger partial charge in [-0.2, -0.15) is 0 Å². The van der Waals surface area contributed by atoms with Crippen LogP contribution in [0.25, 0.3) is 27.5 Å². The topological polar surface area (TPSA) is 42.0 Å². The Morgan fingerprint density at radius 2 is 1.31 bits per heavy atom. The molecule has 5 aromatic rings. The smallest absolute Gasteiger partial charge is 0.154 e. The highest BCUT2D eigenvalue weighted by atomic mass is 15.0.